The van der Waals surface area contributed by atoms with Gasteiger partial charge in [-0.25, -0.2) is 0 Å². The van der Waals surface area contributed by atoms with Crippen LogP contribution in [0.15, 0.2) is 36.1 Å². The minimum atomic E-state index is -1.20. The smallest absolute Gasteiger partial charge is 0.315 e. The zero-order valence-corrected chi connectivity index (χ0v) is 29.6. The number of phenolic OH excluding ortho intramolecular Hbond substituents is 1. The van der Waals surface area contributed by atoms with Crippen LogP contribution in [-0.4, -0.2) is 69.3 Å². The fourth-order valence-electron chi connectivity index (χ4n) is 8.86. The van der Waals surface area contributed by atoms with Gasteiger partial charge in [0, 0.05) is 30.9 Å². The van der Waals surface area contributed by atoms with Crippen molar-refractivity contribution in [3.05, 3.63) is 47.2 Å². The molecule has 4 aliphatic rings. The number of phenols is 1. The minimum Gasteiger partial charge on any atom is -0.504 e. The van der Waals surface area contributed by atoms with E-state index in [0.29, 0.717) is 38.0 Å². The number of Topliss-reactive ketones (excluding diaryl/α,β-unsaturated/α-hetero) is 1. The molecule has 0 amide bonds. The van der Waals surface area contributed by atoms with E-state index in [1.165, 1.54) is 44.9 Å². The number of aliphatic hydroxyl groups is 1. The highest BCUT2D eigenvalue weighted by Gasteiger charge is 2.72. The molecular weight excluding hydrogens is 622 g/mol. The van der Waals surface area contributed by atoms with Crippen LogP contribution in [0.3, 0.4) is 0 Å². The van der Waals surface area contributed by atoms with Gasteiger partial charge in [0.15, 0.2) is 17.6 Å². The van der Waals surface area contributed by atoms with Crippen LogP contribution in [-0.2, 0) is 31.0 Å². The van der Waals surface area contributed by atoms with E-state index in [1.54, 1.807) is 12.1 Å². The maximum absolute atomic E-state index is 13.5. The number of rotatable bonds is 21. The molecule has 5 rings (SSSR count). The fraction of sp³-hybridized carbons (Fsp3) is 0.675. The number of likely N-dealkylation sites (N-methyl/N-ethyl adjacent to an activating group) is 1. The third-order valence-electron chi connectivity index (χ3n) is 11.5. The van der Waals surface area contributed by atoms with Gasteiger partial charge in [-0.3, -0.25) is 14.4 Å². The number of aliphatic carboxylic acids is 1. The number of likely N-dealkylation sites (tertiary alicyclic amines) is 1. The Hall–Kier alpha value is -3.17. The summed E-state index contributed by atoms with van der Waals surface area (Å²) in [6.07, 6.45) is 21.5. The number of nitrogens with zero attached hydrogens (tertiary/aromatic N) is 1. The van der Waals surface area contributed by atoms with E-state index in [2.05, 4.69) is 24.0 Å². The predicted molar refractivity (Wildman–Crippen MR) is 188 cm³/mol. The van der Waals surface area contributed by atoms with Crippen LogP contribution in [0.1, 0.15) is 134 Å². The first-order valence-electron chi connectivity index (χ1n) is 18.9. The zero-order valence-electron chi connectivity index (χ0n) is 29.6. The number of allylic oxidation sites excluding steroid dienone is 2. The number of esters is 1. The van der Waals surface area contributed by atoms with Gasteiger partial charge >= 0.3 is 11.9 Å². The molecule has 1 fully saturated rings. The third-order valence-corrected chi connectivity index (χ3v) is 11.5. The maximum Gasteiger partial charge on any atom is 0.315 e. The Bertz CT molecular complexity index is 1400. The highest BCUT2D eigenvalue weighted by Crippen LogP contribution is 2.65. The quantitative estimate of drug-likeness (QED) is 0.0695. The molecule has 1 spiro atoms. The van der Waals surface area contributed by atoms with E-state index in [0.717, 1.165) is 43.2 Å². The van der Waals surface area contributed by atoms with Gasteiger partial charge in [0.2, 0.25) is 0 Å². The summed E-state index contributed by atoms with van der Waals surface area (Å²) in [5, 5.41) is 32.6. The van der Waals surface area contributed by atoms with Gasteiger partial charge < -0.3 is 29.7 Å². The minimum absolute atomic E-state index is 0.0297. The Morgan fingerprint density at radius 1 is 1.00 bits per heavy atom. The van der Waals surface area contributed by atoms with Gasteiger partial charge in [0.25, 0.3) is 0 Å². The number of carbonyl (C=O) groups excluding carboxylic acids is 2. The molecular formula is C40H57NO8. The van der Waals surface area contributed by atoms with Crippen molar-refractivity contribution in [2.24, 2.45) is 5.92 Å². The molecule has 1 saturated heterocycles. The molecule has 2 aliphatic carbocycles. The van der Waals surface area contributed by atoms with E-state index < -0.39 is 41.4 Å². The number of ketones is 1. The first-order valence-corrected chi connectivity index (χ1v) is 18.9. The van der Waals surface area contributed by atoms with Crippen molar-refractivity contribution >= 4 is 17.7 Å². The lowest BCUT2D eigenvalue weighted by Gasteiger charge is -2.61. The molecule has 2 aliphatic heterocycles. The molecule has 5 atom stereocenters. The van der Waals surface area contributed by atoms with Crippen molar-refractivity contribution in [1.82, 2.24) is 4.90 Å². The molecule has 2 bridgehead atoms. The molecule has 2 heterocycles. The first-order chi connectivity index (χ1) is 23.6. The maximum atomic E-state index is 13.5. The van der Waals surface area contributed by atoms with Gasteiger partial charge in [0.1, 0.15) is 11.5 Å². The van der Waals surface area contributed by atoms with E-state index in [-0.39, 0.29) is 36.2 Å². The molecule has 9 heteroatoms. The van der Waals surface area contributed by atoms with E-state index in [4.69, 9.17) is 9.47 Å². The summed E-state index contributed by atoms with van der Waals surface area (Å²) in [4.78, 5) is 40.3. The van der Waals surface area contributed by atoms with Crippen LogP contribution in [0, 0.1) is 5.92 Å². The second-order valence-electron chi connectivity index (χ2n) is 14.9. The lowest BCUT2D eigenvalue weighted by Crippen LogP contribution is -2.74. The monoisotopic (exact) mass is 679 g/mol. The number of piperidine rings is 1. The standard InChI is InChI=1S/C40H57NO8/c1-3-4-5-6-7-8-9-10-11-12-13-14-15-16-17-18-30(42)25-29(27-34(44)45)38(46)48-32-21-22-40(47)33-26-28-19-20-31(43)36-35(28)39(40,37(32)49-36)23-24-41(33)2/h10-11,19-21,29,33,37,43,47H,3-9,12-18,22-27H2,1-2H3,(H,44,45)/t29-,33+,37-,39-,40+/m0/s1. The molecule has 3 N–H and O–H groups in total. The second kappa shape index (κ2) is 16.7. The Morgan fingerprint density at radius 2 is 1.67 bits per heavy atom. The van der Waals surface area contributed by atoms with Crippen molar-refractivity contribution in [3.63, 3.8) is 0 Å². The molecule has 0 saturated carbocycles. The number of hydrogen-bond donors (Lipinski definition) is 3. The molecule has 9 nitrogen and oxygen atoms in total. The third kappa shape index (κ3) is 7.93. The van der Waals surface area contributed by atoms with Crippen molar-refractivity contribution < 1.29 is 39.2 Å². The lowest BCUT2D eigenvalue weighted by atomic mass is 9.50. The Balaban J connectivity index is 1.10. The van der Waals surface area contributed by atoms with Crippen LogP contribution in [0.5, 0.6) is 11.5 Å². The van der Waals surface area contributed by atoms with Crippen LogP contribution in [0.25, 0.3) is 0 Å². The Morgan fingerprint density at radius 3 is 2.37 bits per heavy atom. The summed E-state index contributed by atoms with van der Waals surface area (Å²) >= 11 is 0. The molecule has 0 unspecified atom stereocenters. The average Bonchev–Trinajstić information content (AvgIpc) is 3.43. The highest BCUT2D eigenvalue weighted by atomic mass is 16.6. The second-order valence-corrected chi connectivity index (χ2v) is 14.9. The summed E-state index contributed by atoms with van der Waals surface area (Å²) in [6.45, 7) is 2.93. The summed E-state index contributed by atoms with van der Waals surface area (Å²) in [5.74, 6) is -2.74. The van der Waals surface area contributed by atoms with Gasteiger partial charge in [-0.2, -0.15) is 0 Å². The number of carbonyl (C=O) groups is 3. The highest BCUT2D eigenvalue weighted by molar-refractivity contribution is 5.87. The topological polar surface area (TPSA) is 134 Å². The van der Waals surface area contributed by atoms with Gasteiger partial charge in [-0.05, 0) is 76.2 Å². The summed E-state index contributed by atoms with van der Waals surface area (Å²) < 4.78 is 12.3. The number of hydrogen-bond acceptors (Lipinski definition) is 8. The number of carboxylic acids is 1. The summed E-state index contributed by atoms with van der Waals surface area (Å²) in [6, 6.07) is 3.29. The van der Waals surface area contributed by atoms with Crippen LogP contribution >= 0.6 is 0 Å². The van der Waals surface area contributed by atoms with Crippen LogP contribution in [0.4, 0.5) is 0 Å². The zero-order chi connectivity index (χ0) is 35.0. The van der Waals surface area contributed by atoms with Crippen molar-refractivity contribution in [2.45, 2.75) is 152 Å². The van der Waals surface area contributed by atoms with Gasteiger partial charge in [0.05, 0.1) is 23.4 Å². The molecule has 0 aromatic heterocycles. The molecule has 1 aromatic carbocycles. The number of benzene rings is 1. The number of carboxylic acid groups (broad SMARTS) is 1. The SMILES string of the molecule is CCCCCCCCC=CCCCCCCCC(=O)C[C@@H](CC(=O)O)C(=O)OC1=CC[C@@]2(O)[C@H]3Cc4ccc(O)c5c4[C@@]2(CCN3C)[C@H]1O5. The first kappa shape index (κ1) is 37.1. The van der Waals surface area contributed by atoms with E-state index in [1.807, 2.05) is 13.1 Å². The van der Waals surface area contributed by atoms with Gasteiger partial charge in [-0.1, -0.05) is 76.5 Å². The molecule has 0 radical (unpaired) electrons. The van der Waals surface area contributed by atoms with Crippen LogP contribution in [0.2, 0.25) is 0 Å². The normalized spacial score (nSPS) is 25.8. The van der Waals surface area contributed by atoms with Crippen molar-refractivity contribution in [1.29, 1.82) is 0 Å². The largest absolute Gasteiger partial charge is 0.504 e. The Kier molecular flexibility index (Phi) is 12.6. The van der Waals surface area contributed by atoms with Crippen molar-refractivity contribution in [3.8, 4) is 11.5 Å². The average molecular weight is 680 g/mol. The lowest BCUT2D eigenvalue weighted by molar-refractivity contribution is -0.171. The Labute approximate surface area is 291 Å². The van der Waals surface area contributed by atoms with Gasteiger partial charge in [-0.15, -0.1) is 0 Å². The van der Waals surface area contributed by atoms with E-state index >= 15 is 0 Å². The number of unbranched alkanes of at least 4 members (excludes halogenated alkanes) is 11. The molecule has 49 heavy (non-hydrogen) atoms. The van der Waals surface area contributed by atoms with E-state index in [9.17, 15) is 29.7 Å². The van der Waals surface area contributed by atoms with Crippen molar-refractivity contribution in [2.75, 3.05) is 13.6 Å². The summed E-state index contributed by atoms with van der Waals surface area (Å²) in [7, 11) is 2.00. The summed E-state index contributed by atoms with van der Waals surface area (Å²) in [5.41, 5.74) is -0.345. The molecule has 1 aromatic rings. The fourth-order valence-corrected chi connectivity index (χ4v) is 8.86. The number of ether oxygens (including phenoxy) is 2. The molecule has 270 valence electrons. The predicted octanol–water partition coefficient (Wildman–Crippen LogP) is 7.30. The number of aromatic hydroxyl groups is 1. The van der Waals surface area contributed by atoms with Crippen LogP contribution < -0.4 is 4.74 Å².